The largest absolute Gasteiger partial charge is 0.493 e. The highest BCUT2D eigenvalue weighted by molar-refractivity contribution is 7.09. The third-order valence-corrected chi connectivity index (χ3v) is 5.11. The molecule has 1 aliphatic rings. The topological polar surface area (TPSA) is 51.7 Å². The maximum Gasteiger partial charge on any atom is 0.223 e. The molecule has 0 aliphatic heterocycles. The molecule has 1 aromatic heterocycles. The highest BCUT2D eigenvalue weighted by Crippen LogP contribution is 2.30. The summed E-state index contributed by atoms with van der Waals surface area (Å²) in [5.41, 5.74) is 0.942. The number of carbonyl (C=O) groups is 1. The minimum absolute atomic E-state index is 0.238. The molecule has 0 bridgehead atoms. The Hall–Kier alpha value is -2.08. The fourth-order valence-corrected chi connectivity index (χ4v) is 3.51. The number of benzene rings is 1. The van der Waals surface area contributed by atoms with Crippen LogP contribution in [0.2, 0.25) is 0 Å². The smallest absolute Gasteiger partial charge is 0.223 e. The molecule has 1 heterocycles. The Balaban J connectivity index is 1.59. The van der Waals surface area contributed by atoms with Crippen molar-refractivity contribution in [2.45, 2.75) is 52.3 Å². The Morgan fingerprint density at radius 3 is 2.69 bits per heavy atom. The van der Waals surface area contributed by atoms with Gasteiger partial charge >= 0.3 is 0 Å². The number of nitrogens with zero attached hydrogens (tertiary/aromatic N) is 2. The molecular formula is C20H26N2O3S. The fourth-order valence-electron chi connectivity index (χ4n) is 2.81. The van der Waals surface area contributed by atoms with Gasteiger partial charge in [0.2, 0.25) is 5.91 Å². The molecular weight excluding hydrogens is 348 g/mol. The van der Waals surface area contributed by atoms with Gasteiger partial charge in [-0.05, 0) is 30.9 Å². The monoisotopic (exact) mass is 374 g/mol. The van der Waals surface area contributed by atoms with Crippen LogP contribution in [0.25, 0.3) is 0 Å². The van der Waals surface area contributed by atoms with Gasteiger partial charge in [0.25, 0.3) is 0 Å². The minimum Gasteiger partial charge on any atom is -0.493 e. The second-order valence-corrected chi connectivity index (χ2v) is 7.97. The molecule has 6 heteroatoms. The van der Waals surface area contributed by atoms with Crippen molar-refractivity contribution in [2.24, 2.45) is 5.92 Å². The van der Waals surface area contributed by atoms with Gasteiger partial charge in [0.05, 0.1) is 19.3 Å². The van der Waals surface area contributed by atoms with Crippen molar-refractivity contribution < 1.29 is 14.3 Å². The summed E-state index contributed by atoms with van der Waals surface area (Å²) in [6.07, 6.45) is 2.82. The molecule has 1 aliphatic carbocycles. The first-order chi connectivity index (χ1) is 12.6. The zero-order valence-electron chi connectivity index (χ0n) is 15.6. The van der Waals surface area contributed by atoms with E-state index in [4.69, 9.17) is 9.47 Å². The molecule has 5 nitrogen and oxygen atoms in total. The van der Waals surface area contributed by atoms with Gasteiger partial charge in [-0.1, -0.05) is 26.0 Å². The molecule has 0 unspecified atom stereocenters. The summed E-state index contributed by atoms with van der Waals surface area (Å²) < 4.78 is 11.1. The number of rotatable bonds is 9. The first-order valence-electron chi connectivity index (χ1n) is 9.05. The van der Waals surface area contributed by atoms with E-state index in [0.717, 1.165) is 23.5 Å². The van der Waals surface area contributed by atoms with Crippen LogP contribution in [0.5, 0.6) is 11.5 Å². The maximum absolute atomic E-state index is 12.5. The van der Waals surface area contributed by atoms with Crippen LogP contribution in [0.1, 0.15) is 43.8 Å². The highest BCUT2D eigenvalue weighted by Gasteiger charge is 2.33. The van der Waals surface area contributed by atoms with Gasteiger partial charge in [0, 0.05) is 17.8 Å². The van der Waals surface area contributed by atoms with Crippen LogP contribution >= 0.6 is 11.3 Å². The van der Waals surface area contributed by atoms with Crippen molar-refractivity contribution >= 4 is 17.2 Å². The Labute approximate surface area is 159 Å². The standard InChI is InChI=1S/C20H26N2O3S/c1-14(2)10-20(23)22(16-8-9-16)11-15-13-26-19(21-15)12-25-18-7-5-4-6-17(18)24-3/h4-7,13-14,16H,8-12H2,1-3H3. The van der Waals surface area contributed by atoms with Crippen molar-refractivity contribution in [1.29, 1.82) is 0 Å². The molecule has 1 amide bonds. The van der Waals surface area contributed by atoms with E-state index in [1.54, 1.807) is 18.4 Å². The molecule has 0 saturated heterocycles. The number of aromatic nitrogens is 1. The summed E-state index contributed by atoms with van der Waals surface area (Å²) in [6, 6.07) is 7.98. The molecule has 0 spiro atoms. The van der Waals surface area contributed by atoms with E-state index < -0.39 is 0 Å². The van der Waals surface area contributed by atoms with E-state index >= 15 is 0 Å². The lowest BCUT2D eigenvalue weighted by molar-refractivity contribution is -0.133. The van der Waals surface area contributed by atoms with Gasteiger partial charge in [-0.25, -0.2) is 4.98 Å². The summed E-state index contributed by atoms with van der Waals surface area (Å²) in [6.45, 7) is 5.16. The molecule has 0 radical (unpaired) electrons. The Bertz CT molecular complexity index is 740. The van der Waals surface area contributed by atoms with Crippen LogP contribution in [0.3, 0.4) is 0 Å². The van der Waals surface area contributed by atoms with Crippen LogP contribution in [0.4, 0.5) is 0 Å². The third kappa shape index (κ3) is 4.97. The van der Waals surface area contributed by atoms with E-state index in [2.05, 4.69) is 18.8 Å². The van der Waals surface area contributed by atoms with Crippen molar-refractivity contribution in [1.82, 2.24) is 9.88 Å². The normalized spacial score (nSPS) is 13.7. The third-order valence-electron chi connectivity index (χ3n) is 4.24. The highest BCUT2D eigenvalue weighted by atomic mass is 32.1. The second kappa shape index (κ2) is 8.54. The number of para-hydroxylation sites is 2. The summed E-state index contributed by atoms with van der Waals surface area (Å²) in [5.74, 6) is 2.04. The number of ether oxygens (including phenoxy) is 2. The summed E-state index contributed by atoms with van der Waals surface area (Å²) in [7, 11) is 1.63. The van der Waals surface area contributed by atoms with E-state index in [9.17, 15) is 4.79 Å². The molecule has 1 aromatic carbocycles. The van der Waals surface area contributed by atoms with E-state index in [1.165, 1.54) is 0 Å². The van der Waals surface area contributed by atoms with E-state index in [0.29, 0.717) is 43.0 Å². The number of thiazole rings is 1. The lowest BCUT2D eigenvalue weighted by Crippen LogP contribution is -2.33. The molecule has 0 atom stereocenters. The molecule has 1 saturated carbocycles. The zero-order chi connectivity index (χ0) is 18.5. The average molecular weight is 375 g/mol. The van der Waals surface area contributed by atoms with Crippen molar-refractivity contribution in [3.63, 3.8) is 0 Å². The zero-order valence-corrected chi connectivity index (χ0v) is 16.4. The average Bonchev–Trinajstić information content (AvgIpc) is 3.36. The van der Waals surface area contributed by atoms with Crippen LogP contribution < -0.4 is 9.47 Å². The predicted octanol–water partition coefficient (Wildman–Crippen LogP) is 4.27. The number of carbonyl (C=O) groups excluding carboxylic acids is 1. The minimum atomic E-state index is 0.238. The van der Waals surface area contributed by atoms with Crippen LogP contribution in [0.15, 0.2) is 29.6 Å². The maximum atomic E-state index is 12.5. The molecule has 3 rings (SSSR count). The van der Waals surface area contributed by atoms with Gasteiger partial charge in [-0.3, -0.25) is 4.79 Å². The van der Waals surface area contributed by atoms with Gasteiger partial charge < -0.3 is 14.4 Å². The van der Waals surface area contributed by atoms with E-state index in [-0.39, 0.29) is 5.91 Å². The fraction of sp³-hybridized carbons (Fsp3) is 0.500. The quantitative estimate of drug-likeness (QED) is 0.658. The summed E-state index contributed by atoms with van der Waals surface area (Å²) in [5, 5.41) is 2.93. The van der Waals surface area contributed by atoms with Crippen molar-refractivity contribution in [2.75, 3.05) is 7.11 Å². The molecule has 2 aromatic rings. The first-order valence-corrected chi connectivity index (χ1v) is 9.93. The van der Waals surface area contributed by atoms with Gasteiger partial charge in [-0.15, -0.1) is 11.3 Å². The Morgan fingerprint density at radius 2 is 2.04 bits per heavy atom. The van der Waals surface area contributed by atoms with Gasteiger partial charge in [0.1, 0.15) is 11.6 Å². The number of methoxy groups -OCH3 is 1. The molecule has 140 valence electrons. The van der Waals surface area contributed by atoms with E-state index in [1.807, 2.05) is 34.5 Å². The molecule has 26 heavy (non-hydrogen) atoms. The van der Waals surface area contributed by atoms with Crippen LogP contribution in [0, 0.1) is 5.92 Å². The molecule has 0 N–H and O–H groups in total. The number of hydrogen-bond acceptors (Lipinski definition) is 5. The van der Waals surface area contributed by atoms with Crippen molar-refractivity contribution in [3.05, 3.63) is 40.3 Å². The predicted molar refractivity (Wildman–Crippen MR) is 102 cm³/mol. The summed E-state index contributed by atoms with van der Waals surface area (Å²) >= 11 is 1.57. The van der Waals surface area contributed by atoms with Crippen molar-refractivity contribution in [3.8, 4) is 11.5 Å². The second-order valence-electron chi connectivity index (χ2n) is 7.02. The molecule has 1 fully saturated rings. The SMILES string of the molecule is COc1ccccc1OCc1nc(CN(C(=O)CC(C)C)C2CC2)cs1. The lowest BCUT2D eigenvalue weighted by Gasteiger charge is -2.22. The van der Waals surface area contributed by atoms with Crippen LogP contribution in [-0.4, -0.2) is 28.9 Å². The number of hydrogen-bond donors (Lipinski definition) is 0. The summed E-state index contributed by atoms with van der Waals surface area (Å²) in [4.78, 5) is 19.1. The first kappa shape index (κ1) is 18.7. The number of amides is 1. The van der Waals surface area contributed by atoms with Crippen LogP contribution in [-0.2, 0) is 17.9 Å². The Kier molecular flexibility index (Phi) is 6.14. The van der Waals surface area contributed by atoms with Gasteiger partial charge in [-0.2, -0.15) is 0 Å². The Morgan fingerprint density at radius 1 is 1.31 bits per heavy atom. The lowest BCUT2D eigenvalue weighted by atomic mass is 10.1. The van der Waals surface area contributed by atoms with Gasteiger partial charge in [0.15, 0.2) is 11.5 Å².